The van der Waals surface area contributed by atoms with E-state index in [1.54, 1.807) is 0 Å². The Kier molecular flexibility index (Phi) is 5.10. The zero-order valence-corrected chi connectivity index (χ0v) is 9.65. The second-order valence-corrected chi connectivity index (χ2v) is 4.49. The van der Waals surface area contributed by atoms with E-state index >= 15 is 0 Å². The molecule has 1 N–H and O–H groups in total. The van der Waals surface area contributed by atoms with Crippen LogP contribution >= 0.6 is 0 Å². The van der Waals surface area contributed by atoms with Crippen LogP contribution in [0.5, 0.6) is 0 Å². The molecule has 1 nitrogen and oxygen atoms in total. The predicted octanol–water partition coefficient (Wildman–Crippen LogP) is 2.81. The summed E-state index contributed by atoms with van der Waals surface area (Å²) >= 11 is 0. The molecule has 13 heavy (non-hydrogen) atoms. The molecule has 0 heterocycles. The van der Waals surface area contributed by atoms with Gasteiger partial charge in [-0.15, -0.1) is 12.3 Å². The van der Waals surface area contributed by atoms with Crippen LogP contribution in [0.3, 0.4) is 0 Å². The van der Waals surface area contributed by atoms with Gasteiger partial charge in [0.2, 0.25) is 0 Å². The van der Waals surface area contributed by atoms with Crippen molar-refractivity contribution in [2.24, 2.45) is 5.41 Å². The molecular formula is C12H23N. The molecule has 0 aromatic carbocycles. The van der Waals surface area contributed by atoms with Gasteiger partial charge in [-0.1, -0.05) is 20.8 Å². The molecule has 0 aliphatic heterocycles. The van der Waals surface area contributed by atoms with Crippen molar-refractivity contribution in [3.63, 3.8) is 0 Å². The summed E-state index contributed by atoms with van der Waals surface area (Å²) in [4.78, 5) is 0. The van der Waals surface area contributed by atoms with Crippen molar-refractivity contribution in [1.29, 1.82) is 0 Å². The summed E-state index contributed by atoms with van der Waals surface area (Å²) in [5.41, 5.74) is 0.0569. The molecule has 2 atom stereocenters. The van der Waals surface area contributed by atoms with E-state index in [2.05, 4.69) is 45.9 Å². The summed E-state index contributed by atoms with van der Waals surface area (Å²) in [6.45, 7) is 10.8. The summed E-state index contributed by atoms with van der Waals surface area (Å²) in [7, 11) is 0. The summed E-state index contributed by atoms with van der Waals surface area (Å²) in [6.07, 6.45) is 7.62. The van der Waals surface area contributed by atoms with Crippen molar-refractivity contribution in [3.8, 4) is 12.3 Å². The first kappa shape index (κ1) is 12.5. The van der Waals surface area contributed by atoms with Crippen LogP contribution < -0.4 is 5.32 Å². The molecule has 0 aliphatic rings. The van der Waals surface area contributed by atoms with Gasteiger partial charge in [0.25, 0.3) is 0 Å². The Bertz CT molecular complexity index is 178. The van der Waals surface area contributed by atoms with Crippen LogP contribution in [0.4, 0.5) is 0 Å². The lowest BCUT2D eigenvalue weighted by Gasteiger charge is -2.27. The third-order valence-electron chi connectivity index (χ3n) is 2.50. The van der Waals surface area contributed by atoms with E-state index in [0.29, 0.717) is 12.1 Å². The highest BCUT2D eigenvalue weighted by Gasteiger charge is 2.21. The lowest BCUT2D eigenvalue weighted by molar-refractivity contribution is 0.323. The SMILES string of the molecule is C#CC(C)(CC)CC(C)NC(C)C. The van der Waals surface area contributed by atoms with Crippen LogP contribution in [-0.2, 0) is 0 Å². The molecule has 0 aliphatic carbocycles. The van der Waals surface area contributed by atoms with Crippen molar-refractivity contribution in [1.82, 2.24) is 5.32 Å². The third kappa shape index (κ3) is 4.95. The van der Waals surface area contributed by atoms with Crippen LogP contribution in [0, 0.1) is 17.8 Å². The van der Waals surface area contributed by atoms with Gasteiger partial charge >= 0.3 is 0 Å². The highest BCUT2D eigenvalue weighted by molar-refractivity contribution is 5.03. The summed E-state index contributed by atoms with van der Waals surface area (Å²) in [5, 5.41) is 3.47. The molecule has 0 saturated heterocycles. The quantitative estimate of drug-likeness (QED) is 0.643. The normalized spacial score (nSPS) is 17.9. The molecular weight excluding hydrogens is 158 g/mol. The minimum Gasteiger partial charge on any atom is -0.312 e. The topological polar surface area (TPSA) is 12.0 Å². The smallest absolute Gasteiger partial charge is 0.0296 e. The fourth-order valence-electron chi connectivity index (χ4n) is 1.61. The van der Waals surface area contributed by atoms with Gasteiger partial charge in [0.05, 0.1) is 0 Å². The Labute approximate surface area is 83.3 Å². The van der Waals surface area contributed by atoms with Crippen LogP contribution in [0.15, 0.2) is 0 Å². The Morgan fingerprint density at radius 3 is 2.23 bits per heavy atom. The van der Waals surface area contributed by atoms with E-state index in [-0.39, 0.29) is 5.41 Å². The standard InChI is InChI=1S/C12H23N/c1-7-12(6,8-2)9-11(5)13-10(3)4/h1,10-11,13H,8-9H2,2-6H3. The Balaban J connectivity index is 4.03. The molecule has 0 aromatic rings. The van der Waals surface area contributed by atoms with E-state index < -0.39 is 0 Å². The van der Waals surface area contributed by atoms with E-state index in [4.69, 9.17) is 6.42 Å². The average Bonchev–Trinajstić information content (AvgIpc) is 2.02. The van der Waals surface area contributed by atoms with Gasteiger partial charge in [0, 0.05) is 17.5 Å². The lowest BCUT2D eigenvalue weighted by Crippen LogP contribution is -2.36. The molecule has 0 fully saturated rings. The Hall–Kier alpha value is -0.480. The fraction of sp³-hybridized carbons (Fsp3) is 0.833. The molecule has 76 valence electrons. The minimum absolute atomic E-state index is 0.0569. The van der Waals surface area contributed by atoms with Gasteiger partial charge in [-0.3, -0.25) is 0 Å². The second kappa shape index (κ2) is 5.29. The van der Waals surface area contributed by atoms with Crippen LogP contribution in [0.2, 0.25) is 0 Å². The number of rotatable bonds is 5. The number of hydrogen-bond donors (Lipinski definition) is 1. The first-order valence-electron chi connectivity index (χ1n) is 5.17. The van der Waals surface area contributed by atoms with E-state index in [9.17, 15) is 0 Å². The zero-order chi connectivity index (χ0) is 10.5. The van der Waals surface area contributed by atoms with E-state index in [0.717, 1.165) is 12.8 Å². The van der Waals surface area contributed by atoms with Crippen molar-refractivity contribution in [2.45, 2.75) is 59.5 Å². The third-order valence-corrected chi connectivity index (χ3v) is 2.50. The largest absolute Gasteiger partial charge is 0.312 e. The maximum absolute atomic E-state index is 5.52. The fourth-order valence-corrected chi connectivity index (χ4v) is 1.61. The van der Waals surface area contributed by atoms with Gasteiger partial charge in [-0.2, -0.15) is 0 Å². The molecule has 0 aromatic heterocycles. The molecule has 0 spiro atoms. The van der Waals surface area contributed by atoms with Crippen molar-refractivity contribution < 1.29 is 0 Å². The molecule has 0 radical (unpaired) electrons. The second-order valence-electron chi connectivity index (χ2n) is 4.49. The van der Waals surface area contributed by atoms with Gasteiger partial charge in [0.15, 0.2) is 0 Å². The minimum atomic E-state index is 0.0569. The molecule has 0 rings (SSSR count). The molecule has 2 unspecified atom stereocenters. The molecule has 0 amide bonds. The average molecular weight is 181 g/mol. The molecule has 0 bridgehead atoms. The summed E-state index contributed by atoms with van der Waals surface area (Å²) in [5.74, 6) is 2.89. The monoisotopic (exact) mass is 181 g/mol. The van der Waals surface area contributed by atoms with Gasteiger partial charge in [0.1, 0.15) is 0 Å². The van der Waals surface area contributed by atoms with E-state index in [1.165, 1.54) is 0 Å². The van der Waals surface area contributed by atoms with Crippen molar-refractivity contribution in [2.75, 3.05) is 0 Å². The first-order chi connectivity index (χ1) is 5.93. The lowest BCUT2D eigenvalue weighted by atomic mass is 9.82. The van der Waals surface area contributed by atoms with Crippen LogP contribution in [0.1, 0.15) is 47.5 Å². The summed E-state index contributed by atoms with van der Waals surface area (Å²) < 4.78 is 0. The zero-order valence-electron chi connectivity index (χ0n) is 9.65. The van der Waals surface area contributed by atoms with Crippen molar-refractivity contribution >= 4 is 0 Å². The number of hydrogen-bond acceptors (Lipinski definition) is 1. The highest BCUT2D eigenvalue weighted by Crippen LogP contribution is 2.26. The number of nitrogens with one attached hydrogen (secondary N) is 1. The van der Waals surface area contributed by atoms with Crippen LogP contribution in [-0.4, -0.2) is 12.1 Å². The van der Waals surface area contributed by atoms with Gasteiger partial charge in [-0.05, 0) is 26.7 Å². The molecule has 0 saturated carbocycles. The molecule has 1 heteroatoms. The maximum atomic E-state index is 5.52. The van der Waals surface area contributed by atoms with Crippen LogP contribution in [0.25, 0.3) is 0 Å². The van der Waals surface area contributed by atoms with E-state index in [1.807, 2.05) is 0 Å². The highest BCUT2D eigenvalue weighted by atomic mass is 14.9. The number of terminal acetylenes is 1. The summed E-state index contributed by atoms with van der Waals surface area (Å²) in [6, 6.07) is 1.04. The van der Waals surface area contributed by atoms with Gasteiger partial charge < -0.3 is 5.32 Å². The maximum Gasteiger partial charge on any atom is 0.0296 e. The Morgan fingerprint density at radius 1 is 1.38 bits per heavy atom. The Morgan fingerprint density at radius 2 is 1.92 bits per heavy atom. The van der Waals surface area contributed by atoms with Gasteiger partial charge in [-0.25, -0.2) is 0 Å². The predicted molar refractivity (Wildman–Crippen MR) is 59.6 cm³/mol. The first-order valence-corrected chi connectivity index (χ1v) is 5.17. The van der Waals surface area contributed by atoms with Crippen molar-refractivity contribution in [3.05, 3.63) is 0 Å².